The van der Waals surface area contributed by atoms with E-state index in [0.29, 0.717) is 26.2 Å². The summed E-state index contributed by atoms with van der Waals surface area (Å²) in [7, 11) is 0. The molecule has 7 nitrogen and oxygen atoms in total. The highest BCUT2D eigenvalue weighted by Gasteiger charge is 2.22. The topological polar surface area (TPSA) is 74.2 Å². The van der Waals surface area contributed by atoms with Crippen LogP contribution >= 0.6 is 0 Å². The smallest absolute Gasteiger partial charge is 0.321 e. The van der Waals surface area contributed by atoms with E-state index in [-0.39, 0.29) is 11.7 Å². The lowest BCUT2D eigenvalue weighted by molar-refractivity contribution is 0.208. The number of pyridine rings is 1. The molecule has 0 bridgehead atoms. The number of urea groups is 1. The van der Waals surface area contributed by atoms with E-state index in [2.05, 4.69) is 20.5 Å². The standard InChI is InChI=1S/C20H18F2N6O/c21-16-2-1-15(13-17(16)22)24-20(29)28-11-9-27(10-12-28)19-4-3-18(25-26-19)14-5-7-23-8-6-14/h1-8,13H,9-12H2,(H,24,29). The molecule has 1 N–H and O–H groups in total. The van der Waals surface area contributed by atoms with Gasteiger partial charge >= 0.3 is 6.03 Å². The van der Waals surface area contributed by atoms with E-state index < -0.39 is 11.6 Å². The van der Waals surface area contributed by atoms with Crippen molar-refractivity contribution in [3.8, 4) is 11.3 Å². The second-order valence-corrected chi connectivity index (χ2v) is 6.55. The molecule has 1 saturated heterocycles. The van der Waals surface area contributed by atoms with Crippen molar-refractivity contribution in [1.82, 2.24) is 20.1 Å². The summed E-state index contributed by atoms with van der Waals surface area (Å²) < 4.78 is 26.3. The number of nitrogens with one attached hydrogen (secondary N) is 1. The Hall–Kier alpha value is -3.62. The molecule has 4 rings (SSSR count). The van der Waals surface area contributed by atoms with Gasteiger partial charge in [-0.3, -0.25) is 4.98 Å². The van der Waals surface area contributed by atoms with Crippen molar-refractivity contribution in [2.45, 2.75) is 0 Å². The molecule has 1 fully saturated rings. The lowest BCUT2D eigenvalue weighted by Crippen LogP contribution is -2.50. The fraction of sp³-hybridized carbons (Fsp3) is 0.200. The number of hydrogen-bond acceptors (Lipinski definition) is 5. The molecule has 0 spiro atoms. The zero-order chi connectivity index (χ0) is 20.2. The third kappa shape index (κ3) is 4.29. The molecule has 3 aromatic rings. The summed E-state index contributed by atoms with van der Waals surface area (Å²) in [6, 6.07) is 10.5. The Bertz CT molecular complexity index is 992. The first kappa shape index (κ1) is 18.7. The lowest BCUT2D eigenvalue weighted by atomic mass is 10.2. The Kier molecular flexibility index (Phi) is 5.28. The van der Waals surface area contributed by atoms with Crippen LogP contribution in [-0.4, -0.2) is 52.3 Å². The normalized spacial score (nSPS) is 14.0. The molecule has 1 aliphatic heterocycles. The van der Waals surface area contributed by atoms with Crippen LogP contribution in [0.3, 0.4) is 0 Å². The zero-order valence-corrected chi connectivity index (χ0v) is 15.4. The van der Waals surface area contributed by atoms with Crippen LogP contribution < -0.4 is 10.2 Å². The Morgan fingerprint density at radius 2 is 1.66 bits per heavy atom. The molecule has 0 radical (unpaired) electrons. The Morgan fingerprint density at radius 3 is 2.31 bits per heavy atom. The number of carbonyl (C=O) groups is 1. The number of carbonyl (C=O) groups excluding carboxylic acids is 1. The first-order valence-electron chi connectivity index (χ1n) is 9.10. The fourth-order valence-corrected chi connectivity index (χ4v) is 3.09. The van der Waals surface area contributed by atoms with Crippen LogP contribution in [0.15, 0.2) is 54.9 Å². The number of rotatable bonds is 3. The molecule has 9 heteroatoms. The molecule has 2 amide bonds. The quantitative estimate of drug-likeness (QED) is 0.736. The largest absolute Gasteiger partial charge is 0.352 e. The number of hydrogen-bond donors (Lipinski definition) is 1. The van der Waals surface area contributed by atoms with Crippen LogP contribution in [0.4, 0.5) is 25.1 Å². The zero-order valence-electron chi connectivity index (χ0n) is 15.4. The number of aromatic nitrogens is 3. The third-order valence-corrected chi connectivity index (χ3v) is 4.69. The van der Waals surface area contributed by atoms with Gasteiger partial charge in [-0.15, -0.1) is 10.2 Å². The molecule has 148 valence electrons. The van der Waals surface area contributed by atoms with E-state index in [1.54, 1.807) is 17.3 Å². The Labute approximate surface area is 166 Å². The number of piperazine rings is 1. The van der Waals surface area contributed by atoms with Gasteiger partial charge in [0.1, 0.15) is 0 Å². The van der Waals surface area contributed by atoms with Crippen molar-refractivity contribution in [2.75, 3.05) is 36.4 Å². The molecule has 1 aliphatic rings. The number of halogens is 2. The van der Waals surface area contributed by atoms with Gasteiger partial charge in [0.15, 0.2) is 17.5 Å². The summed E-state index contributed by atoms with van der Waals surface area (Å²) in [6.07, 6.45) is 3.41. The summed E-state index contributed by atoms with van der Waals surface area (Å²) >= 11 is 0. The minimum Gasteiger partial charge on any atom is -0.352 e. The van der Waals surface area contributed by atoms with Crippen molar-refractivity contribution in [1.29, 1.82) is 0 Å². The first-order chi connectivity index (χ1) is 14.1. The summed E-state index contributed by atoms with van der Waals surface area (Å²) in [5, 5.41) is 11.2. The maximum Gasteiger partial charge on any atom is 0.321 e. The fourth-order valence-electron chi connectivity index (χ4n) is 3.09. The van der Waals surface area contributed by atoms with Gasteiger partial charge < -0.3 is 15.1 Å². The van der Waals surface area contributed by atoms with E-state index in [1.165, 1.54) is 6.07 Å². The van der Waals surface area contributed by atoms with Crippen molar-refractivity contribution in [3.63, 3.8) is 0 Å². The lowest BCUT2D eigenvalue weighted by Gasteiger charge is -2.35. The average Bonchev–Trinajstić information content (AvgIpc) is 2.77. The predicted molar refractivity (Wildman–Crippen MR) is 104 cm³/mol. The van der Waals surface area contributed by atoms with Gasteiger partial charge in [0, 0.05) is 55.9 Å². The van der Waals surface area contributed by atoms with Gasteiger partial charge in [-0.2, -0.15) is 0 Å². The summed E-state index contributed by atoms with van der Waals surface area (Å²) in [4.78, 5) is 20.0. The number of amides is 2. The predicted octanol–water partition coefficient (Wildman–Crippen LogP) is 3.17. The second kappa shape index (κ2) is 8.17. The monoisotopic (exact) mass is 396 g/mol. The van der Waals surface area contributed by atoms with Gasteiger partial charge in [-0.1, -0.05) is 0 Å². The minimum absolute atomic E-state index is 0.217. The van der Waals surface area contributed by atoms with Crippen molar-refractivity contribution in [3.05, 3.63) is 66.5 Å². The van der Waals surface area contributed by atoms with Crippen LogP contribution in [0.5, 0.6) is 0 Å². The minimum atomic E-state index is -0.999. The van der Waals surface area contributed by atoms with E-state index in [0.717, 1.165) is 29.2 Å². The third-order valence-electron chi connectivity index (χ3n) is 4.69. The Morgan fingerprint density at radius 1 is 0.897 bits per heavy atom. The Balaban J connectivity index is 1.34. The van der Waals surface area contributed by atoms with Crippen LogP contribution in [0.2, 0.25) is 0 Å². The van der Waals surface area contributed by atoms with Crippen LogP contribution in [0.25, 0.3) is 11.3 Å². The van der Waals surface area contributed by atoms with Crippen LogP contribution in [0, 0.1) is 11.6 Å². The van der Waals surface area contributed by atoms with Gasteiger partial charge in [-0.05, 0) is 36.4 Å². The molecule has 0 aliphatic carbocycles. The van der Waals surface area contributed by atoms with Gasteiger partial charge in [0.2, 0.25) is 0 Å². The highest BCUT2D eigenvalue weighted by atomic mass is 19.2. The molecule has 0 saturated carbocycles. The van der Waals surface area contributed by atoms with Crippen LogP contribution in [0.1, 0.15) is 0 Å². The highest BCUT2D eigenvalue weighted by Crippen LogP contribution is 2.19. The molecule has 29 heavy (non-hydrogen) atoms. The van der Waals surface area contributed by atoms with E-state index in [9.17, 15) is 13.6 Å². The van der Waals surface area contributed by atoms with E-state index >= 15 is 0 Å². The molecule has 3 heterocycles. The summed E-state index contributed by atoms with van der Waals surface area (Å²) in [5.41, 5.74) is 1.92. The van der Waals surface area contributed by atoms with Crippen molar-refractivity contribution in [2.24, 2.45) is 0 Å². The molecular formula is C20H18F2N6O. The molecular weight excluding hydrogens is 378 g/mol. The van der Waals surface area contributed by atoms with Crippen LogP contribution in [-0.2, 0) is 0 Å². The van der Waals surface area contributed by atoms with Gasteiger partial charge in [-0.25, -0.2) is 13.6 Å². The van der Waals surface area contributed by atoms with Gasteiger partial charge in [0.05, 0.1) is 5.69 Å². The average molecular weight is 396 g/mol. The summed E-state index contributed by atoms with van der Waals surface area (Å²) in [6.45, 7) is 2.13. The molecule has 1 aromatic carbocycles. The molecule has 0 atom stereocenters. The van der Waals surface area contributed by atoms with Crippen molar-refractivity contribution >= 4 is 17.5 Å². The number of benzene rings is 1. The molecule has 0 unspecified atom stereocenters. The number of anilines is 2. The SMILES string of the molecule is O=C(Nc1ccc(F)c(F)c1)N1CCN(c2ccc(-c3ccncc3)nn2)CC1. The second-order valence-electron chi connectivity index (χ2n) is 6.55. The van der Waals surface area contributed by atoms with Gasteiger partial charge in [0.25, 0.3) is 0 Å². The van der Waals surface area contributed by atoms with E-state index in [1.807, 2.05) is 29.2 Å². The van der Waals surface area contributed by atoms with E-state index in [4.69, 9.17) is 0 Å². The maximum atomic E-state index is 13.3. The molecule has 2 aromatic heterocycles. The highest BCUT2D eigenvalue weighted by molar-refractivity contribution is 5.89. The first-order valence-corrected chi connectivity index (χ1v) is 9.10. The van der Waals surface area contributed by atoms with Crippen molar-refractivity contribution < 1.29 is 13.6 Å². The summed E-state index contributed by atoms with van der Waals surface area (Å²) in [5.74, 6) is -1.21. The maximum absolute atomic E-state index is 13.3. The number of nitrogens with zero attached hydrogens (tertiary/aromatic N) is 5.